The molecule has 0 bridgehead atoms. The number of carbonyl (C=O) groups excluding carboxylic acids is 1. The predicted octanol–water partition coefficient (Wildman–Crippen LogP) is 1.47. The van der Waals surface area contributed by atoms with Crippen LogP contribution in [0.15, 0.2) is 41.6 Å². The molecule has 1 N–H and O–H groups in total. The molecule has 1 aromatic heterocycles. The van der Waals surface area contributed by atoms with E-state index in [0.29, 0.717) is 23.0 Å². The van der Waals surface area contributed by atoms with Crippen LogP contribution in [0, 0.1) is 0 Å². The Morgan fingerprint density at radius 2 is 1.56 bits per heavy atom. The van der Waals surface area contributed by atoms with Gasteiger partial charge < -0.3 is 10.2 Å². The lowest BCUT2D eigenvalue weighted by molar-refractivity contribution is 0.0622. The van der Waals surface area contributed by atoms with Gasteiger partial charge in [0.2, 0.25) is 0 Å². The SMILES string of the molecule is O=C(c1cnc(-c2ccc([SH](=O)=O)cc2)nc1)N(C1CCNCC1)C1CC1. The van der Waals surface area contributed by atoms with Crippen LogP contribution in [0.1, 0.15) is 36.0 Å². The maximum absolute atomic E-state index is 13.1. The Balaban J connectivity index is 1.52. The van der Waals surface area contributed by atoms with Gasteiger partial charge in [-0.05, 0) is 63.0 Å². The third-order valence-electron chi connectivity index (χ3n) is 5.11. The standard InChI is InChI=1S/C19H22N4O3S/c24-19(23(15-3-4-15)16-7-9-20-10-8-16)14-11-21-18(22-12-14)13-1-5-17(6-2-13)27(25)26/h1-2,5-6,11-12,15-16,20,27H,3-4,7-10H2. The highest BCUT2D eigenvalue weighted by molar-refractivity contribution is 7.72. The lowest BCUT2D eigenvalue weighted by atomic mass is 10.0. The highest BCUT2D eigenvalue weighted by Gasteiger charge is 2.38. The first kappa shape index (κ1) is 18.1. The number of nitrogens with one attached hydrogen (secondary N) is 1. The largest absolute Gasteiger partial charge is 0.332 e. The van der Waals surface area contributed by atoms with E-state index in [1.165, 1.54) is 12.1 Å². The predicted molar refractivity (Wildman–Crippen MR) is 101 cm³/mol. The maximum atomic E-state index is 13.1. The lowest BCUT2D eigenvalue weighted by Gasteiger charge is -2.35. The molecule has 2 heterocycles. The molecule has 27 heavy (non-hydrogen) atoms. The van der Waals surface area contributed by atoms with E-state index in [2.05, 4.69) is 15.3 Å². The number of hydrogen-bond donors (Lipinski definition) is 2. The first-order valence-corrected chi connectivity index (χ1v) is 10.4. The average Bonchev–Trinajstić information content (AvgIpc) is 3.54. The molecule has 142 valence electrons. The quantitative estimate of drug-likeness (QED) is 0.756. The minimum Gasteiger partial charge on any atom is -0.332 e. The summed E-state index contributed by atoms with van der Waals surface area (Å²) in [7, 11) is -2.60. The molecule has 2 aromatic rings. The summed E-state index contributed by atoms with van der Waals surface area (Å²) < 4.78 is 22.0. The van der Waals surface area contributed by atoms with Crippen LogP contribution in [0.3, 0.4) is 0 Å². The molecule has 0 atom stereocenters. The molecule has 7 nitrogen and oxygen atoms in total. The Kier molecular flexibility index (Phi) is 5.18. The highest BCUT2D eigenvalue weighted by Crippen LogP contribution is 2.32. The van der Waals surface area contributed by atoms with Crippen LogP contribution in [-0.4, -0.2) is 54.4 Å². The van der Waals surface area contributed by atoms with Gasteiger partial charge in [0.1, 0.15) is 0 Å². The summed E-state index contributed by atoms with van der Waals surface area (Å²) in [5.74, 6) is 0.480. The van der Waals surface area contributed by atoms with Crippen molar-refractivity contribution in [2.24, 2.45) is 0 Å². The third-order valence-corrected chi connectivity index (χ3v) is 5.83. The summed E-state index contributed by atoms with van der Waals surface area (Å²) in [4.78, 5) is 24.0. The zero-order valence-electron chi connectivity index (χ0n) is 14.9. The van der Waals surface area contributed by atoms with Crippen LogP contribution >= 0.6 is 0 Å². The van der Waals surface area contributed by atoms with E-state index in [1.54, 1.807) is 24.5 Å². The van der Waals surface area contributed by atoms with E-state index in [1.807, 2.05) is 4.90 Å². The van der Waals surface area contributed by atoms with E-state index < -0.39 is 10.7 Å². The molecule has 0 unspecified atom stereocenters. The van der Waals surface area contributed by atoms with Crippen LogP contribution in [0.4, 0.5) is 0 Å². The number of carbonyl (C=O) groups is 1. The molecule has 1 aromatic carbocycles. The van der Waals surface area contributed by atoms with Gasteiger partial charge in [0, 0.05) is 30.0 Å². The topological polar surface area (TPSA) is 92.3 Å². The van der Waals surface area contributed by atoms with Crippen molar-refractivity contribution in [3.8, 4) is 11.4 Å². The average molecular weight is 386 g/mol. The van der Waals surface area contributed by atoms with Gasteiger partial charge in [-0.2, -0.15) is 0 Å². The fraction of sp³-hybridized carbons (Fsp3) is 0.421. The molecule has 1 saturated carbocycles. The third kappa shape index (κ3) is 4.01. The monoisotopic (exact) mass is 386 g/mol. The Bertz CT molecular complexity index is 878. The summed E-state index contributed by atoms with van der Waals surface area (Å²) in [5, 5.41) is 3.34. The van der Waals surface area contributed by atoms with Crippen molar-refractivity contribution >= 4 is 16.6 Å². The lowest BCUT2D eigenvalue weighted by Crippen LogP contribution is -2.47. The zero-order valence-corrected chi connectivity index (χ0v) is 15.8. The highest BCUT2D eigenvalue weighted by atomic mass is 32.2. The maximum Gasteiger partial charge on any atom is 0.257 e. The molecule has 2 fully saturated rings. The molecule has 1 saturated heterocycles. The van der Waals surface area contributed by atoms with Crippen molar-refractivity contribution in [3.05, 3.63) is 42.2 Å². The van der Waals surface area contributed by atoms with Crippen molar-refractivity contribution in [2.75, 3.05) is 13.1 Å². The number of nitrogens with zero attached hydrogens (tertiary/aromatic N) is 3. The molecule has 0 spiro atoms. The number of amides is 1. The Morgan fingerprint density at radius 1 is 0.963 bits per heavy atom. The van der Waals surface area contributed by atoms with E-state index in [9.17, 15) is 13.2 Å². The summed E-state index contributed by atoms with van der Waals surface area (Å²) in [6.07, 6.45) is 7.25. The summed E-state index contributed by atoms with van der Waals surface area (Å²) in [6, 6.07) is 7.02. The van der Waals surface area contributed by atoms with Gasteiger partial charge >= 0.3 is 0 Å². The summed E-state index contributed by atoms with van der Waals surface area (Å²) in [5.41, 5.74) is 1.22. The number of benzene rings is 1. The Hall–Kier alpha value is -2.32. The van der Waals surface area contributed by atoms with E-state index in [0.717, 1.165) is 38.8 Å². The van der Waals surface area contributed by atoms with Crippen LogP contribution < -0.4 is 5.32 Å². The van der Waals surface area contributed by atoms with E-state index in [-0.39, 0.29) is 16.8 Å². The van der Waals surface area contributed by atoms with Crippen molar-refractivity contribution < 1.29 is 13.2 Å². The number of aromatic nitrogens is 2. The van der Waals surface area contributed by atoms with Crippen LogP contribution in [-0.2, 0) is 10.7 Å². The van der Waals surface area contributed by atoms with Gasteiger partial charge in [-0.1, -0.05) is 0 Å². The zero-order chi connectivity index (χ0) is 18.8. The second-order valence-electron chi connectivity index (χ2n) is 7.02. The van der Waals surface area contributed by atoms with Gasteiger partial charge in [0.05, 0.1) is 10.5 Å². The first-order chi connectivity index (χ1) is 13.1. The summed E-state index contributed by atoms with van der Waals surface area (Å²) in [6.45, 7) is 1.89. The molecule has 0 radical (unpaired) electrons. The molecule has 2 aliphatic rings. The van der Waals surface area contributed by atoms with E-state index >= 15 is 0 Å². The van der Waals surface area contributed by atoms with E-state index in [4.69, 9.17) is 0 Å². The van der Waals surface area contributed by atoms with Crippen molar-refractivity contribution in [1.29, 1.82) is 0 Å². The van der Waals surface area contributed by atoms with Gasteiger partial charge in [0.25, 0.3) is 5.91 Å². The van der Waals surface area contributed by atoms with Gasteiger partial charge in [-0.3, -0.25) is 4.79 Å². The Morgan fingerprint density at radius 3 is 2.11 bits per heavy atom. The van der Waals surface area contributed by atoms with Crippen LogP contribution in [0.5, 0.6) is 0 Å². The van der Waals surface area contributed by atoms with Gasteiger partial charge in [0.15, 0.2) is 16.5 Å². The molecule has 4 rings (SSSR count). The molecular weight excluding hydrogens is 364 g/mol. The molecule has 1 aliphatic carbocycles. The summed E-state index contributed by atoms with van der Waals surface area (Å²) >= 11 is 0. The Labute approximate surface area is 159 Å². The van der Waals surface area contributed by atoms with Crippen molar-refractivity contribution in [1.82, 2.24) is 20.2 Å². The first-order valence-electron chi connectivity index (χ1n) is 9.24. The van der Waals surface area contributed by atoms with Crippen molar-refractivity contribution in [3.63, 3.8) is 0 Å². The molecule has 8 heteroatoms. The fourth-order valence-electron chi connectivity index (χ4n) is 3.54. The minimum atomic E-state index is -2.60. The number of hydrogen-bond acceptors (Lipinski definition) is 6. The van der Waals surface area contributed by atoms with Gasteiger partial charge in [-0.25, -0.2) is 18.4 Å². The molecule has 1 aliphatic heterocycles. The smallest absolute Gasteiger partial charge is 0.257 e. The second kappa shape index (κ2) is 7.74. The van der Waals surface area contributed by atoms with Crippen LogP contribution in [0.2, 0.25) is 0 Å². The van der Waals surface area contributed by atoms with Crippen LogP contribution in [0.25, 0.3) is 11.4 Å². The molecular formula is C19H22N4O3S. The minimum absolute atomic E-state index is 0.00893. The molecule has 1 amide bonds. The second-order valence-corrected chi connectivity index (χ2v) is 8.05. The van der Waals surface area contributed by atoms with Crippen molar-refractivity contribution in [2.45, 2.75) is 42.7 Å². The van der Waals surface area contributed by atoms with Gasteiger partial charge in [-0.15, -0.1) is 0 Å². The number of thiol groups is 1. The number of piperidine rings is 1. The normalized spacial score (nSPS) is 17.8. The fourth-order valence-corrected chi connectivity index (χ4v) is 3.93. The number of rotatable bonds is 5.